The smallest absolute Gasteiger partial charge is 0.417 e. The highest BCUT2D eigenvalue weighted by Crippen LogP contribution is 2.51. The molecule has 2 aromatic carbocycles. The van der Waals surface area contributed by atoms with E-state index in [1.54, 1.807) is 29.2 Å². The molecular weight excluding hydrogens is 471 g/mol. The van der Waals surface area contributed by atoms with Crippen LogP contribution in [0.5, 0.6) is 11.5 Å². The van der Waals surface area contributed by atoms with E-state index >= 15 is 0 Å². The third-order valence-electron chi connectivity index (χ3n) is 6.56. The quantitative estimate of drug-likeness (QED) is 0.637. The summed E-state index contributed by atoms with van der Waals surface area (Å²) in [7, 11) is 0. The Bertz CT molecular complexity index is 1190. The lowest BCUT2D eigenvalue weighted by Gasteiger charge is -2.44. The molecule has 1 saturated heterocycles. The number of rotatable bonds is 3. The molecule has 7 nitrogen and oxygen atoms in total. The second-order valence-corrected chi connectivity index (χ2v) is 8.94. The van der Waals surface area contributed by atoms with Crippen molar-refractivity contribution in [3.63, 3.8) is 0 Å². The number of amides is 1. The van der Waals surface area contributed by atoms with Gasteiger partial charge in [0, 0.05) is 17.4 Å². The number of nitrogens with zero attached hydrogens (tertiary/aromatic N) is 3. The number of alkyl halides is 3. The Morgan fingerprint density at radius 3 is 2.53 bits per heavy atom. The number of hydrogen-bond donors (Lipinski definition) is 2. The standard InChI is InChI=1S/C23H20F3N3O4S/c24-23(25,26)17-8-14(3-2-13(17)10-27)28-20(31)22(6-1-7-22)29(21(28)34)15-4-5-18-19(9-15)32-12-16(11-30)33-18/h2-5,8-9,16,21,30,34H,1,6-7,11-12H2/t16-,21?/m0/s1. The summed E-state index contributed by atoms with van der Waals surface area (Å²) in [5, 5.41) is 18.4. The molecule has 1 amide bonds. The lowest BCUT2D eigenvalue weighted by molar-refractivity contribution is -0.137. The number of ether oxygens (including phenoxy) is 2. The van der Waals surface area contributed by atoms with Gasteiger partial charge >= 0.3 is 6.18 Å². The van der Waals surface area contributed by atoms with E-state index in [9.17, 15) is 23.1 Å². The van der Waals surface area contributed by atoms with Crippen LogP contribution >= 0.6 is 12.6 Å². The number of nitriles is 1. The van der Waals surface area contributed by atoms with Crippen LogP contribution in [-0.2, 0) is 11.0 Å². The SMILES string of the molecule is N#Cc1ccc(N2C(=O)C3(CCC3)N(c3ccc4c(c3)OC[C@H](CO)O4)C2S)cc1C(F)(F)F. The van der Waals surface area contributed by atoms with Gasteiger partial charge in [0.2, 0.25) is 0 Å². The van der Waals surface area contributed by atoms with E-state index in [1.165, 1.54) is 11.0 Å². The molecule has 1 aliphatic carbocycles. The van der Waals surface area contributed by atoms with E-state index in [2.05, 4.69) is 12.6 Å². The van der Waals surface area contributed by atoms with Crippen LogP contribution in [0.25, 0.3) is 0 Å². The van der Waals surface area contributed by atoms with Gasteiger partial charge in [-0.15, -0.1) is 12.6 Å². The zero-order valence-corrected chi connectivity index (χ0v) is 18.6. The normalized spacial score (nSPS) is 23.1. The molecule has 11 heteroatoms. The van der Waals surface area contributed by atoms with Gasteiger partial charge in [-0.3, -0.25) is 9.69 Å². The monoisotopic (exact) mass is 491 g/mol. The predicted octanol–water partition coefficient (Wildman–Crippen LogP) is 3.70. The molecule has 5 rings (SSSR count). The minimum atomic E-state index is -4.74. The predicted molar refractivity (Wildman–Crippen MR) is 119 cm³/mol. The summed E-state index contributed by atoms with van der Waals surface area (Å²) in [6, 6.07) is 9.92. The molecule has 1 unspecified atom stereocenters. The summed E-state index contributed by atoms with van der Waals surface area (Å²) < 4.78 is 52.0. The first kappa shape index (κ1) is 22.7. The van der Waals surface area contributed by atoms with Crippen molar-refractivity contribution >= 4 is 29.9 Å². The molecule has 0 bridgehead atoms. The zero-order chi connectivity index (χ0) is 24.3. The number of aliphatic hydroxyl groups excluding tert-OH is 1. The first-order valence-electron chi connectivity index (χ1n) is 10.7. The van der Waals surface area contributed by atoms with Gasteiger partial charge in [0.15, 0.2) is 23.1 Å². The van der Waals surface area contributed by atoms with Crippen molar-refractivity contribution in [2.75, 3.05) is 23.0 Å². The summed E-state index contributed by atoms with van der Waals surface area (Å²) in [4.78, 5) is 16.6. The molecule has 1 saturated carbocycles. The maximum Gasteiger partial charge on any atom is 0.417 e. The number of anilines is 2. The first-order valence-corrected chi connectivity index (χ1v) is 11.2. The van der Waals surface area contributed by atoms with E-state index in [-0.39, 0.29) is 24.8 Å². The van der Waals surface area contributed by atoms with Crippen molar-refractivity contribution in [3.8, 4) is 17.6 Å². The summed E-state index contributed by atoms with van der Waals surface area (Å²) >= 11 is 4.66. The molecule has 1 N–H and O–H groups in total. The average molecular weight is 491 g/mol. The maximum absolute atomic E-state index is 13.6. The zero-order valence-electron chi connectivity index (χ0n) is 17.7. The number of fused-ring (bicyclic) bond motifs is 1. The molecule has 2 heterocycles. The second-order valence-electron chi connectivity index (χ2n) is 8.48. The van der Waals surface area contributed by atoms with E-state index in [1.807, 2.05) is 0 Å². The molecule has 178 valence electrons. The van der Waals surface area contributed by atoms with Gasteiger partial charge in [0.25, 0.3) is 5.91 Å². The van der Waals surface area contributed by atoms with Gasteiger partial charge < -0.3 is 19.5 Å². The average Bonchev–Trinajstić information content (AvgIpc) is 3.04. The topological polar surface area (TPSA) is 86.0 Å². The molecule has 2 aromatic rings. The maximum atomic E-state index is 13.6. The highest BCUT2D eigenvalue weighted by atomic mass is 32.1. The van der Waals surface area contributed by atoms with E-state index in [4.69, 9.17) is 14.7 Å². The molecule has 3 aliphatic rings. The summed E-state index contributed by atoms with van der Waals surface area (Å²) in [5.74, 6) is 0.560. The van der Waals surface area contributed by atoms with Crippen LogP contribution in [0.4, 0.5) is 24.5 Å². The van der Waals surface area contributed by atoms with Gasteiger partial charge in [0.05, 0.1) is 23.8 Å². The number of hydrogen-bond acceptors (Lipinski definition) is 7. The molecule has 2 atom stereocenters. The lowest BCUT2D eigenvalue weighted by Crippen LogP contribution is -2.55. The Kier molecular flexibility index (Phi) is 5.33. The van der Waals surface area contributed by atoms with Crippen molar-refractivity contribution in [2.45, 2.75) is 42.6 Å². The Balaban J connectivity index is 1.55. The van der Waals surface area contributed by atoms with Crippen molar-refractivity contribution in [1.82, 2.24) is 0 Å². The molecule has 2 aliphatic heterocycles. The van der Waals surface area contributed by atoms with E-state index in [0.29, 0.717) is 30.0 Å². The van der Waals surface area contributed by atoms with Gasteiger partial charge in [-0.25, -0.2) is 0 Å². The number of carbonyl (C=O) groups is 1. The molecule has 1 spiro atoms. The van der Waals surface area contributed by atoms with Crippen molar-refractivity contribution in [3.05, 3.63) is 47.5 Å². The minimum Gasteiger partial charge on any atom is -0.486 e. The van der Waals surface area contributed by atoms with E-state index < -0.39 is 34.4 Å². The van der Waals surface area contributed by atoms with Crippen LogP contribution in [0.1, 0.15) is 30.4 Å². The number of thiol groups is 1. The van der Waals surface area contributed by atoms with Crippen LogP contribution in [0.2, 0.25) is 0 Å². The number of halogens is 3. The van der Waals surface area contributed by atoms with Gasteiger partial charge in [-0.1, -0.05) is 0 Å². The number of carbonyl (C=O) groups excluding carboxylic acids is 1. The molecule has 2 fully saturated rings. The molecular formula is C23H20F3N3O4S. The van der Waals surface area contributed by atoms with Crippen molar-refractivity contribution in [1.29, 1.82) is 5.26 Å². The second kappa shape index (κ2) is 7.99. The number of aliphatic hydroxyl groups is 1. The van der Waals surface area contributed by atoms with Crippen LogP contribution in [0.3, 0.4) is 0 Å². The fourth-order valence-electron chi connectivity index (χ4n) is 4.72. The fourth-order valence-corrected chi connectivity index (χ4v) is 5.32. The van der Waals surface area contributed by atoms with Crippen molar-refractivity contribution in [2.24, 2.45) is 0 Å². The summed E-state index contributed by atoms with van der Waals surface area (Å²) in [6.07, 6.45) is -3.37. The number of benzene rings is 2. The van der Waals surface area contributed by atoms with Gasteiger partial charge in [-0.05, 0) is 49.6 Å². The minimum absolute atomic E-state index is 0.0217. The van der Waals surface area contributed by atoms with Crippen LogP contribution in [0, 0.1) is 11.3 Å². The van der Waals surface area contributed by atoms with E-state index in [0.717, 1.165) is 18.6 Å². The lowest BCUT2D eigenvalue weighted by atomic mass is 9.75. The first-order chi connectivity index (χ1) is 16.2. The molecule has 0 radical (unpaired) electrons. The van der Waals surface area contributed by atoms with Gasteiger partial charge in [0.1, 0.15) is 12.1 Å². The Morgan fingerprint density at radius 2 is 1.91 bits per heavy atom. The summed E-state index contributed by atoms with van der Waals surface area (Å²) in [6.45, 7) is -0.0258. The highest BCUT2D eigenvalue weighted by Gasteiger charge is 2.60. The van der Waals surface area contributed by atoms with Crippen LogP contribution in [0.15, 0.2) is 36.4 Å². The third-order valence-corrected chi connectivity index (χ3v) is 7.02. The van der Waals surface area contributed by atoms with Crippen LogP contribution < -0.4 is 19.3 Å². The Hall–Kier alpha value is -3.10. The Labute approximate surface area is 198 Å². The van der Waals surface area contributed by atoms with Crippen LogP contribution in [-0.4, -0.2) is 41.4 Å². The molecule has 34 heavy (non-hydrogen) atoms. The fraction of sp³-hybridized carbons (Fsp3) is 0.391. The third kappa shape index (κ3) is 3.35. The Morgan fingerprint density at radius 1 is 1.18 bits per heavy atom. The highest BCUT2D eigenvalue weighted by molar-refractivity contribution is 7.81. The van der Waals surface area contributed by atoms with Crippen molar-refractivity contribution < 1.29 is 32.5 Å². The largest absolute Gasteiger partial charge is 0.486 e. The van der Waals surface area contributed by atoms with Gasteiger partial charge in [-0.2, -0.15) is 18.4 Å². The molecule has 0 aromatic heterocycles. The summed E-state index contributed by atoms with van der Waals surface area (Å²) in [5.41, 5.74) is -2.79.